The third-order valence-corrected chi connectivity index (χ3v) is 30.9. The van der Waals surface area contributed by atoms with Crippen molar-refractivity contribution in [2.24, 2.45) is 0 Å². The second kappa shape index (κ2) is 25.7. The van der Waals surface area contributed by atoms with Gasteiger partial charge in [-0.3, -0.25) is 13.2 Å². The van der Waals surface area contributed by atoms with Crippen molar-refractivity contribution in [3.8, 4) is 66.8 Å². The molecule has 3 aliphatic rings. The van der Waals surface area contributed by atoms with Crippen molar-refractivity contribution in [2.45, 2.75) is 57.8 Å². The van der Waals surface area contributed by atoms with E-state index in [0.717, 1.165) is 182 Å². The van der Waals surface area contributed by atoms with E-state index >= 15 is 0 Å². The van der Waals surface area contributed by atoms with Gasteiger partial charge >= 0.3 is 0 Å². The third-order valence-electron chi connectivity index (χ3n) is 30.9. The Hall–Kier alpha value is -17.2. The fourth-order valence-electron chi connectivity index (χ4n) is 24.8. The van der Waals surface area contributed by atoms with Gasteiger partial charge in [-0.15, -0.1) is 0 Å². The number of para-hydroxylation sites is 9. The quantitative estimate of drug-likeness (QED) is 0.170. The first-order valence-corrected chi connectivity index (χ1v) is 46.5. The lowest BCUT2D eigenvalue weighted by molar-refractivity contribution is 0.660. The van der Waals surface area contributed by atoms with Gasteiger partial charge in [0.2, 0.25) is 0 Å². The van der Waals surface area contributed by atoms with Gasteiger partial charge in [0.15, 0.2) is 16.9 Å². The molecule has 0 N–H and O–H groups in total. The predicted molar refractivity (Wildman–Crippen MR) is 553 cm³/mol. The Balaban J connectivity index is 0.0000000945. The predicted octanol–water partition coefficient (Wildman–Crippen LogP) is 32.0. The SMILES string of the molecule is CC1(C)c2ccccc2-c2cc(-c3ccc4c(c3)c3c5c(cc6c7nc8ccccc8nc7n4c63)oc3ccccc35)ccc21.CC1(C)c2ccccc2-c2ccc(-c3ccc4c(c3)c3c5c(cc6c7nc8ccccc8nc7n4c63)oc3ccccc35)cc21.CC1(C)c2ccccc2-c2cccc(-c3ccc4c(c3)c3c5c(cc6c7nc8ccccc8nc7n4c63)oc3ccccc35)c21. The molecule has 30 aromatic rings. The normalized spacial score (nSPS) is 14.2. The Labute approximate surface area is 768 Å². The zero-order valence-electron chi connectivity index (χ0n) is 74.2. The average Bonchev–Trinajstić information content (AvgIpc) is 1.52. The first kappa shape index (κ1) is 73.5. The number of benzene rings is 18. The van der Waals surface area contributed by atoms with Gasteiger partial charge in [-0.2, -0.15) is 0 Å². The molecule has 12 heterocycles. The summed E-state index contributed by atoms with van der Waals surface area (Å²) >= 11 is 0. The van der Waals surface area contributed by atoms with E-state index in [0.29, 0.717) is 0 Å². The van der Waals surface area contributed by atoms with Crippen molar-refractivity contribution in [3.63, 3.8) is 0 Å². The third kappa shape index (κ3) is 9.58. The summed E-state index contributed by atoms with van der Waals surface area (Å²) in [6.45, 7) is 14.1. The van der Waals surface area contributed by atoms with Gasteiger partial charge in [0.1, 0.15) is 50.0 Å². The molecule has 33 rings (SSSR count). The highest BCUT2D eigenvalue weighted by molar-refractivity contribution is 6.38. The molecule has 630 valence electrons. The molecule has 0 amide bonds. The summed E-state index contributed by atoms with van der Waals surface area (Å²) in [6.07, 6.45) is 0. The fraction of sp³-hybridized carbons (Fsp3) is 0.0732. The molecule has 3 aliphatic carbocycles. The van der Waals surface area contributed by atoms with Gasteiger partial charge in [-0.05, 0) is 221 Å². The van der Waals surface area contributed by atoms with E-state index in [1.807, 2.05) is 91.0 Å². The molecule has 0 spiro atoms. The topological polar surface area (TPSA) is 130 Å². The highest BCUT2D eigenvalue weighted by Gasteiger charge is 2.41. The van der Waals surface area contributed by atoms with Crippen LogP contribution < -0.4 is 0 Å². The van der Waals surface area contributed by atoms with Crippen LogP contribution in [-0.2, 0) is 16.2 Å². The summed E-state index contributed by atoms with van der Waals surface area (Å²) in [5.74, 6) is 0. The Morgan fingerprint density at radius 2 is 0.511 bits per heavy atom. The number of hydrogen-bond acceptors (Lipinski definition) is 9. The van der Waals surface area contributed by atoms with Gasteiger partial charge in [0.25, 0.3) is 0 Å². The molecule has 12 aromatic heterocycles. The van der Waals surface area contributed by atoms with E-state index < -0.39 is 0 Å². The van der Waals surface area contributed by atoms with Gasteiger partial charge in [-0.1, -0.05) is 266 Å². The van der Waals surface area contributed by atoms with Crippen LogP contribution in [0.2, 0.25) is 0 Å². The lowest BCUT2D eigenvalue weighted by Gasteiger charge is -2.24. The Morgan fingerprint density at radius 3 is 0.963 bits per heavy atom. The molecule has 0 saturated carbocycles. The van der Waals surface area contributed by atoms with Crippen LogP contribution in [0.4, 0.5) is 0 Å². The smallest absolute Gasteiger partial charge is 0.165 e. The number of aromatic nitrogens is 9. The van der Waals surface area contributed by atoms with Crippen molar-refractivity contribution >= 4 is 214 Å². The second-order valence-corrected chi connectivity index (χ2v) is 39.0. The summed E-state index contributed by atoms with van der Waals surface area (Å²) in [6, 6.07) is 124. The Bertz CT molecular complexity index is 10600. The first-order chi connectivity index (χ1) is 66.2. The summed E-state index contributed by atoms with van der Waals surface area (Å²) in [4.78, 5) is 31.0. The fourth-order valence-corrected chi connectivity index (χ4v) is 24.8. The minimum absolute atomic E-state index is 0.0121. The average molecular weight is 1730 g/mol. The van der Waals surface area contributed by atoms with Crippen LogP contribution in [0.5, 0.6) is 0 Å². The minimum Gasteiger partial charge on any atom is -0.456 e. The van der Waals surface area contributed by atoms with Crippen molar-refractivity contribution in [3.05, 3.63) is 379 Å². The zero-order valence-corrected chi connectivity index (χ0v) is 74.2. The molecule has 0 saturated heterocycles. The van der Waals surface area contributed by atoms with Gasteiger partial charge in [0.05, 0.1) is 66.2 Å². The molecule has 12 nitrogen and oxygen atoms in total. The summed E-state index contributed by atoms with van der Waals surface area (Å²) < 4.78 is 26.5. The highest BCUT2D eigenvalue weighted by atomic mass is 16.3. The monoisotopic (exact) mass is 1730 g/mol. The Kier molecular flexibility index (Phi) is 14.0. The maximum atomic E-state index is 6.53. The van der Waals surface area contributed by atoms with Crippen LogP contribution >= 0.6 is 0 Å². The van der Waals surface area contributed by atoms with E-state index in [9.17, 15) is 0 Å². The maximum absolute atomic E-state index is 6.53. The number of nitrogens with zero attached hydrogens (tertiary/aromatic N) is 9. The lowest BCUT2D eigenvalue weighted by Crippen LogP contribution is -2.16. The van der Waals surface area contributed by atoms with E-state index in [4.69, 9.17) is 43.2 Å². The van der Waals surface area contributed by atoms with Crippen molar-refractivity contribution in [1.82, 2.24) is 43.1 Å². The van der Waals surface area contributed by atoms with Crippen molar-refractivity contribution in [2.75, 3.05) is 0 Å². The van der Waals surface area contributed by atoms with E-state index in [1.54, 1.807) is 0 Å². The molecule has 135 heavy (non-hydrogen) atoms. The van der Waals surface area contributed by atoms with Crippen molar-refractivity contribution in [1.29, 1.82) is 0 Å². The van der Waals surface area contributed by atoms with Crippen LogP contribution in [0, 0.1) is 0 Å². The van der Waals surface area contributed by atoms with E-state index in [-0.39, 0.29) is 16.2 Å². The molecule has 0 unspecified atom stereocenters. The van der Waals surface area contributed by atoms with Crippen LogP contribution in [0.3, 0.4) is 0 Å². The molecule has 0 radical (unpaired) electrons. The number of fused-ring (bicyclic) bond motifs is 42. The first-order valence-electron chi connectivity index (χ1n) is 46.5. The van der Waals surface area contributed by atoms with Crippen LogP contribution in [0.25, 0.3) is 281 Å². The molecular formula is C123H75N9O3. The molecule has 0 bridgehead atoms. The number of hydrogen-bond donors (Lipinski definition) is 0. The van der Waals surface area contributed by atoms with Crippen LogP contribution in [0.15, 0.2) is 359 Å². The van der Waals surface area contributed by atoms with E-state index in [2.05, 4.69) is 310 Å². The largest absolute Gasteiger partial charge is 0.456 e. The molecule has 12 heteroatoms. The van der Waals surface area contributed by atoms with Gasteiger partial charge in [-0.25, -0.2) is 29.9 Å². The Morgan fingerprint density at radius 1 is 0.200 bits per heavy atom. The molecule has 0 atom stereocenters. The summed E-state index contributed by atoms with van der Waals surface area (Å²) in [5, 5.41) is 17.2. The van der Waals surface area contributed by atoms with Gasteiger partial charge < -0.3 is 13.3 Å². The minimum atomic E-state index is -0.103. The number of furan rings is 3. The summed E-state index contributed by atoms with van der Waals surface area (Å²) in [5.41, 5.74) is 46.4. The standard InChI is InChI=1S/3C41H25N3O/c1-41(2)29-14-5-3-10-24(29)25-13-9-12-23(37(25)41)22-18-19-32-27(20-22)36-35-26-11-4-8-17-33(26)45-34(35)21-28-38-40(44(32)39(28)36)43-31-16-7-6-15-30(31)42-38;1-41(2)29-11-5-3-9-24(29)25-17-15-23(20-30(25)41)22-16-18-33-27(19-22)37-36-26-10-4-8-14-34(26)45-35(36)21-28-38-40(44(33)39(28)37)43-32-13-7-6-12-31(32)42-38;1-41(2)29-11-5-3-9-24(29)26-19-22(15-17-30(26)41)23-16-18-33-27(20-23)37-36-25-10-4-8-14-34(25)45-35(36)21-28-38-40(44(33)39(28)37)43-32-13-7-6-12-31(32)42-38/h3*3-21H,1-2H3. The molecular weight excluding hydrogens is 1650 g/mol. The lowest BCUT2D eigenvalue weighted by atomic mass is 9.79. The molecule has 18 aromatic carbocycles. The van der Waals surface area contributed by atoms with Crippen LogP contribution in [-0.4, -0.2) is 43.1 Å². The van der Waals surface area contributed by atoms with E-state index in [1.165, 1.54) is 132 Å². The molecule has 0 aliphatic heterocycles. The number of rotatable bonds is 3. The van der Waals surface area contributed by atoms with Crippen molar-refractivity contribution < 1.29 is 13.3 Å². The van der Waals surface area contributed by atoms with Crippen LogP contribution in [0.1, 0.15) is 74.9 Å². The summed E-state index contributed by atoms with van der Waals surface area (Å²) in [7, 11) is 0. The van der Waals surface area contributed by atoms with Gasteiger partial charge in [0, 0.05) is 97.0 Å². The molecule has 0 fully saturated rings. The second-order valence-electron chi connectivity index (χ2n) is 39.0. The highest BCUT2D eigenvalue weighted by Crippen LogP contribution is 2.58. The maximum Gasteiger partial charge on any atom is 0.165 e. The zero-order chi connectivity index (χ0) is 88.8.